The van der Waals surface area contributed by atoms with Gasteiger partial charge in [-0.1, -0.05) is 51.4 Å². The lowest BCUT2D eigenvalue weighted by Crippen LogP contribution is -2.11. The first kappa shape index (κ1) is 18.0. The van der Waals surface area contributed by atoms with E-state index >= 15 is 0 Å². The Hall–Kier alpha value is -1.83. The maximum atomic E-state index is 11.9. The monoisotopic (exact) mass is 437 g/mol. The van der Waals surface area contributed by atoms with Crippen molar-refractivity contribution >= 4 is 50.9 Å². The molecule has 0 fully saturated rings. The van der Waals surface area contributed by atoms with Crippen LogP contribution in [0.1, 0.15) is 6.42 Å². The number of anilines is 1. The van der Waals surface area contributed by atoms with Gasteiger partial charge in [0.15, 0.2) is 0 Å². The third-order valence-electron chi connectivity index (χ3n) is 3.19. The van der Waals surface area contributed by atoms with E-state index in [1.165, 1.54) is 11.8 Å². The molecule has 3 aromatic rings. The van der Waals surface area contributed by atoms with Crippen molar-refractivity contribution in [1.82, 2.24) is 10.2 Å². The van der Waals surface area contributed by atoms with Crippen LogP contribution in [-0.4, -0.2) is 21.9 Å². The Balaban J connectivity index is 1.50. The number of hydrogen-bond donors (Lipinski definition) is 1. The molecular weight excluding hydrogens is 426 g/mol. The molecule has 1 N–H and O–H groups in total. The molecule has 0 aliphatic heterocycles. The summed E-state index contributed by atoms with van der Waals surface area (Å²) in [7, 11) is 0. The fourth-order valence-electron chi connectivity index (χ4n) is 2.00. The number of thioether (sulfide) groups is 1. The molecule has 0 spiro atoms. The molecule has 0 atom stereocenters. The molecule has 2 aromatic carbocycles. The number of benzene rings is 2. The summed E-state index contributed by atoms with van der Waals surface area (Å²) < 4.78 is 6.55. The Morgan fingerprint density at radius 3 is 2.68 bits per heavy atom. The van der Waals surface area contributed by atoms with E-state index in [0.717, 1.165) is 10.2 Å². The van der Waals surface area contributed by atoms with Crippen molar-refractivity contribution in [3.8, 4) is 11.5 Å². The predicted molar refractivity (Wildman–Crippen MR) is 103 cm³/mol. The minimum Gasteiger partial charge on any atom is -0.411 e. The highest BCUT2D eigenvalue weighted by atomic mass is 79.9. The van der Waals surface area contributed by atoms with Crippen LogP contribution in [0.4, 0.5) is 5.69 Å². The molecule has 0 radical (unpaired) electrons. The molecule has 0 aliphatic carbocycles. The summed E-state index contributed by atoms with van der Waals surface area (Å²) >= 11 is 10.8. The van der Waals surface area contributed by atoms with Crippen LogP contribution >= 0.6 is 39.3 Å². The van der Waals surface area contributed by atoms with Crippen LogP contribution < -0.4 is 5.32 Å². The van der Waals surface area contributed by atoms with Crippen LogP contribution in [0.2, 0.25) is 5.02 Å². The number of nitrogens with one attached hydrogen (secondary N) is 1. The number of hydrogen-bond acceptors (Lipinski definition) is 5. The highest BCUT2D eigenvalue weighted by Gasteiger charge is 2.12. The Labute approximate surface area is 162 Å². The van der Waals surface area contributed by atoms with Gasteiger partial charge in [0, 0.05) is 22.3 Å². The number of halogens is 2. The molecule has 1 amide bonds. The number of amides is 1. The fraction of sp³-hybridized carbons (Fsp3) is 0.118. The highest BCUT2D eigenvalue weighted by molar-refractivity contribution is 9.10. The standard InChI is InChI=1S/C17H13BrClN3O2S/c18-11-5-7-12(8-6-11)20-15(23)9-10-25-17-22-21-16(24-17)13-3-1-2-4-14(13)19/h1-8H,9-10H2,(H,20,23). The van der Waals surface area contributed by atoms with Gasteiger partial charge in [0.1, 0.15) is 0 Å². The second-order valence-electron chi connectivity index (χ2n) is 5.01. The minimum absolute atomic E-state index is 0.0688. The zero-order valence-electron chi connectivity index (χ0n) is 12.9. The van der Waals surface area contributed by atoms with E-state index in [-0.39, 0.29) is 5.91 Å². The smallest absolute Gasteiger partial charge is 0.276 e. The van der Waals surface area contributed by atoms with Crippen LogP contribution in [0.3, 0.4) is 0 Å². The fourth-order valence-corrected chi connectivity index (χ4v) is 3.18. The molecule has 5 nitrogen and oxygen atoms in total. The summed E-state index contributed by atoms with van der Waals surface area (Å²) in [6, 6.07) is 14.7. The number of aromatic nitrogens is 2. The van der Waals surface area contributed by atoms with Crippen molar-refractivity contribution in [3.05, 3.63) is 58.0 Å². The van der Waals surface area contributed by atoms with Crippen molar-refractivity contribution in [2.24, 2.45) is 0 Å². The van der Waals surface area contributed by atoms with Gasteiger partial charge in [-0.25, -0.2) is 0 Å². The van der Waals surface area contributed by atoms with Crippen molar-refractivity contribution in [3.63, 3.8) is 0 Å². The van der Waals surface area contributed by atoms with Gasteiger partial charge >= 0.3 is 0 Å². The predicted octanol–water partition coefficient (Wildman–Crippen LogP) is 5.27. The Morgan fingerprint density at radius 2 is 1.92 bits per heavy atom. The molecule has 0 aliphatic rings. The van der Waals surface area contributed by atoms with Gasteiger partial charge in [-0.15, -0.1) is 10.2 Å². The Morgan fingerprint density at radius 1 is 1.16 bits per heavy atom. The average Bonchev–Trinajstić information content (AvgIpc) is 3.06. The Bertz CT molecular complexity index is 870. The van der Waals surface area contributed by atoms with Gasteiger partial charge in [0.2, 0.25) is 11.8 Å². The topological polar surface area (TPSA) is 68.0 Å². The quantitative estimate of drug-likeness (QED) is 0.531. The van der Waals surface area contributed by atoms with Crippen LogP contribution in [0, 0.1) is 0 Å². The maximum Gasteiger partial charge on any atom is 0.276 e. The molecule has 128 valence electrons. The molecule has 3 rings (SSSR count). The molecule has 1 aromatic heterocycles. The average molecular weight is 439 g/mol. The zero-order chi connectivity index (χ0) is 17.6. The second kappa shape index (κ2) is 8.51. The summed E-state index contributed by atoms with van der Waals surface area (Å²) in [5.41, 5.74) is 1.45. The molecule has 0 unspecified atom stereocenters. The molecule has 0 bridgehead atoms. The van der Waals surface area contributed by atoms with Crippen LogP contribution in [0.5, 0.6) is 0 Å². The second-order valence-corrected chi connectivity index (χ2v) is 7.38. The van der Waals surface area contributed by atoms with Gasteiger partial charge in [0.25, 0.3) is 5.22 Å². The summed E-state index contributed by atoms with van der Waals surface area (Å²) in [5, 5.41) is 11.8. The minimum atomic E-state index is -0.0688. The van der Waals surface area contributed by atoms with Gasteiger partial charge in [-0.2, -0.15) is 0 Å². The lowest BCUT2D eigenvalue weighted by Gasteiger charge is -2.04. The first-order chi connectivity index (χ1) is 12.1. The summed E-state index contributed by atoms with van der Waals surface area (Å²) in [4.78, 5) is 11.9. The van der Waals surface area contributed by atoms with E-state index in [2.05, 4.69) is 31.4 Å². The first-order valence-corrected chi connectivity index (χ1v) is 9.54. The van der Waals surface area contributed by atoms with E-state index in [4.69, 9.17) is 16.0 Å². The van der Waals surface area contributed by atoms with Crippen LogP contribution in [0.15, 0.2) is 62.6 Å². The van der Waals surface area contributed by atoms with Gasteiger partial charge in [-0.3, -0.25) is 4.79 Å². The number of rotatable bonds is 6. The van der Waals surface area contributed by atoms with Gasteiger partial charge in [-0.05, 0) is 36.4 Å². The van der Waals surface area contributed by atoms with Crippen molar-refractivity contribution < 1.29 is 9.21 Å². The van der Waals surface area contributed by atoms with Crippen molar-refractivity contribution in [2.45, 2.75) is 11.6 Å². The lowest BCUT2D eigenvalue weighted by atomic mass is 10.2. The van der Waals surface area contributed by atoms with Crippen LogP contribution in [0.25, 0.3) is 11.5 Å². The van der Waals surface area contributed by atoms with Gasteiger partial charge < -0.3 is 9.73 Å². The molecule has 1 heterocycles. The summed E-state index contributed by atoms with van der Waals surface area (Å²) in [6.45, 7) is 0. The number of carbonyl (C=O) groups is 1. The van der Waals surface area contributed by atoms with E-state index in [1.54, 1.807) is 6.07 Å². The molecule has 25 heavy (non-hydrogen) atoms. The van der Waals surface area contributed by atoms with Crippen molar-refractivity contribution in [2.75, 3.05) is 11.1 Å². The molecular formula is C17H13BrClN3O2S. The van der Waals surface area contributed by atoms with Crippen LogP contribution in [-0.2, 0) is 4.79 Å². The third-order valence-corrected chi connectivity index (χ3v) is 4.87. The SMILES string of the molecule is O=C(CCSc1nnc(-c2ccccc2Cl)o1)Nc1ccc(Br)cc1. The lowest BCUT2D eigenvalue weighted by molar-refractivity contribution is -0.115. The molecule has 8 heteroatoms. The maximum absolute atomic E-state index is 11.9. The number of nitrogens with zero attached hydrogens (tertiary/aromatic N) is 2. The number of carbonyl (C=O) groups excluding carboxylic acids is 1. The molecule has 0 saturated heterocycles. The van der Waals surface area contributed by atoms with E-state index in [9.17, 15) is 4.79 Å². The van der Waals surface area contributed by atoms with Gasteiger partial charge in [0.05, 0.1) is 10.6 Å². The summed E-state index contributed by atoms with van der Waals surface area (Å²) in [6.07, 6.45) is 0.338. The first-order valence-electron chi connectivity index (χ1n) is 7.38. The zero-order valence-corrected chi connectivity index (χ0v) is 16.1. The normalized spacial score (nSPS) is 10.6. The Kier molecular flexibility index (Phi) is 6.12. The van der Waals surface area contributed by atoms with Crippen molar-refractivity contribution in [1.29, 1.82) is 0 Å². The molecule has 0 saturated carbocycles. The highest BCUT2D eigenvalue weighted by Crippen LogP contribution is 2.28. The summed E-state index contributed by atoms with van der Waals surface area (Å²) in [5.74, 6) is 0.833. The van der Waals surface area contributed by atoms with E-state index in [1.807, 2.05) is 42.5 Å². The van der Waals surface area contributed by atoms with E-state index < -0.39 is 0 Å². The van der Waals surface area contributed by atoms with E-state index in [0.29, 0.717) is 33.9 Å². The largest absolute Gasteiger partial charge is 0.411 e. The third kappa shape index (κ3) is 5.07.